The van der Waals surface area contributed by atoms with Crippen LogP contribution in [0.5, 0.6) is 0 Å². The maximum atomic E-state index is 2.50. The minimum Gasteiger partial charge on any atom is -0.310 e. The lowest BCUT2D eigenvalue weighted by atomic mass is 9.82. The minimum absolute atomic E-state index is 0.101. The fourth-order valence-electron chi connectivity index (χ4n) is 10.7. The molecule has 0 saturated carbocycles. The van der Waals surface area contributed by atoms with E-state index in [0.717, 1.165) is 5.69 Å². The molecule has 1 nitrogen and oxygen atoms in total. The number of hydrogen-bond donors (Lipinski definition) is 0. The van der Waals surface area contributed by atoms with E-state index in [4.69, 9.17) is 0 Å². The predicted molar refractivity (Wildman–Crippen MR) is 239 cm³/mol. The van der Waals surface area contributed by atoms with Gasteiger partial charge >= 0.3 is 0 Å². The van der Waals surface area contributed by atoms with E-state index in [-0.39, 0.29) is 10.8 Å². The van der Waals surface area contributed by atoms with Gasteiger partial charge in [-0.15, -0.1) is 0 Å². The van der Waals surface area contributed by atoms with Gasteiger partial charge in [0.25, 0.3) is 0 Å². The van der Waals surface area contributed by atoms with Gasteiger partial charge in [-0.2, -0.15) is 0 Å². The Morgan fingerprint density at radius 3 is 1.20 bits per heavy atom. The molecule has 2 heteroatoms. The molecule has 0 radical (unpaired) electrons. The Bertz CT molecular complexity index is 2710. The number of anilines is 3. The molecule has 0 spiro atoms. The zero-order valence-corrected chi connectivity index (χ0v) is 33.3. The van der Waals surface area contributed by atoms with Crippen molar-refractivity contribution in [3.8, 4) is 33.4 Å². The van der Waals surface area contributed by atoms with Crippen LogP contribution in [0.1, 0.15) is 49.9 Å². The van der Waals surface area contributed by atoms with Gasteiger partial charge in [0.1, 0.15) is 0 Å². The van der Waals surface area contributed by atoms with Crippen molar-refractivity contribution < 1.29 is 0 Å². The lowest BCUT2D eigenvalue weighted by molar-refractivity contribution is 0.660. The quantitative estimate of drug-likeness (QED) is 0.159. The Labute approximate surface area is 331 Å². The second-order valence-corrected chi connectivity index (χ2v) is 20.6. The van der Waals surface area contributed by atoms with Crippen LogP contribution in [0, 0.1) is 0 Å². The van der Waals surface area contributed by atoms with Crippen molar-refractivity contribution in [1.29, 1.82) is 0 Å². The molecule has 2 aliphatic carbocycles. The first kappa shape index (κ1) is 33.1. The molecule has 0 saturated heterocycles. The second-order valence-electron chi connectivity index (χ2n) is 16.9. The summed E-state index contributed by atoms with van der Waals surface area (Å²) in [6.07, 6.45) is 0. The van der Waals surface area contributed by atoms with Crippen LogP contribution in [0.25, 0.3) is 33.4 Å². The molecular weight excluding hydrogens is 691 g/mol. The fraction of sp³-hybridized carbons (Fsp3) is 0.111. The lowest BCUT2D eigenvalue weighted by Gasteiger charge is -2.33. The van der Waals surface area contributed by atoms with Gasteiger partial charge in [-0.3, -0.25) is 0 Å². The van der Waals surface area contributed by atoms with Crippen LogP contribution in [0.2, 0.25) is 0 Å². The largest absolute Gasteiger partial charge is 0.310 e. The van der Waals surface area contributed by atoms with E-state index in [1.807, 2.05) is 0 Å². The van der Waals surface area contributed by atoms with Crippen LogP contribution >= 0.6 is 0 Å². The number of rotatable bonds is 5. The first-order valence-corrected chi connectivity index (χ1v) is 21.9. The Morgan fingerprint density at radius 2 is 0.696 bits per heavy atom. The number of hydrogen-bond acceptors (Lipinski definition) is 1. The van der Waals surface area contributed by atoms with E-state index in [0.29, 0.717) is 0 Å². The molecule has 1 heterocycles. The standard InChI is InChI=1S/C54H43NSi/c1-53(2)47-22-12-8-18-41(47)43-32-28-37(34-49(43)53)55(38-29-33-44-42-19-9-13-23-48(42)54(3,4)50(44)35-38)36-26-30-40(31-27-36)56(39-16-6-5-7-17-39)51-24-14-10-20-45(51)46-21-11-15-25-52(46)56/h5-35H,1-4H3. The highest BCUT2D eigenvalue weighted by molar-refractivity contribution is 7.22. The van der Waals surface area contributed by atoms with Crippen LogP contribution in [-0.2, 0) is 10.8 Å². The average Bonchev–Trinajstić information content (AvgIpc) is 3.76. The van der Waals surface area contributed by atoms with Crippen LogP contribution < -0.4 is 25.6 Å². The molecule has 1 aliphatic heterocycles. The summed E-state index contributed by atoms with van der Waals surface area (Å²) >= 11 is 0. The Hall–Kier alpha value is -6.22. The summed E-state index contributed by atoms with van der Waals surface area (Å²) in [6.45, 7) is 9.50. The lowest BCUT2D eigenvalue weighted by Crippen LogP contribution is -2.72. The molecule has 0 aromatic heterocycles. The zero-order chi connectivity index (χ0) is 37.8. The summed E-state index contributed by atoms with van der Waals surface area (Å²) in [7, 11) is -2.60. The Balaban J connectivity index is 1.11. The van der Waals surface area contributed by atoms with E-state index < -0.39 is 8.07 Å². The molecule has 3 aliphatic rings. The summed E-state index contributed by atoms with van der Waals surface area (Å²) in [5.41, 5.74) is 17.0. The summed E-state index contributed by atoms with van der Waals surface area (Å²) in [5.74, 6) is 0. The maximum absolute atomic E-state index is 2.60. The van der Waals surface area contributed by atoms with Gasteiger partial charge in [0.05, 0.1) is 0 Å². The van der Waals surface area contributed by atoms with Crippen LogP contribution in [0.15, 0.2) is 188 Å². The molecule has 8 aromatic rings. The van der Waals surface area contributed by atoms with E-state index in [2.05, 4.69) is 221 Å². The van der Waals surface area contributed by atoms with Gasteiger partial charge in [0.2, 0.25) is 0 Å². The minimum atomic E-state index is -2.60. The first-order valence-electron chi connectivity index (χ1n) is 19.9. The molecular formula is C54H43NSi. The summed E-state index contributed by atoms with van der Waals surface area (Å²) < 4.78 is 0. The monoisotopic (exact) mass is 733 g/mol. The SMILES string of the molecule is CC1(C)c2ccccc2-c2ccc(N(c3ccc([Si]4(c5ccccc5)c5ccccc5-c5ccccc54)cc3)c3ccc4c(c3)C(C)(C)c3ccccc3-4)cc21. The highest BCUT2D eigenvalue weighted by atomic mass is 28.3. The highest BCUT2D eigenvalue weighted by Crippen LogP contribution is 2.53. The molecule has 0 fully saturated rings. The third-order valence-corrected chi connectivity index (χ3v) is 18.3. The van der Waals surface area contributed by atoms with Gasteiger partial charge in [-0.05, 0) is 113 Å². The topological polar surface area (TPSA) is 3.24 Å². The van der Waals surface area contributed by atoms with Crippen molar-refractivity contribution in [2.24, 2.45) is 0 Å². The van der Waals surface area contributed by atoms with Crippen LogP contribution in [-0.4, -0.2) is 8.07 Å². The summed E-state index contributed by atoms with van der Waals surface area (Å²) in [4.78, 5) is 2.50. The zero-order valence-electron chi connectivity index (χ0n) is 32.3. The third-order valence-electron chi connectivity index (χ3n) is 13.4. The van der Waals surface area contributed by atoms with Crippen molar-refractivity contribution >= 4 is 45.9 Å². The van der Waals surface area contributed by atoms with E-state index in [1.165, 1.54) is 87.8 Å². The van der Waals surface area contributed by atoms with Crippen molar-refractivity contribution in [3.05, 3.63) is 210 Å². The van der Waals surface area contributed by atoms with Gasteiger partial charge in [-0.25, -0.2) is 0 Å². The summed E-state index contributed by atoms with van der Waals surface area (Å²) in [6, 6.07) is 71.4. The predicted octanol–water partition coefficient (Wildman–Crippen LogP) is 11.1. The van der Waals surface area contributed by atoms with Crippen molar-refractivity contribution in [1.82, 2.24) is 0 Å². The fourth-order valence-corrected chi connectivity index (χ4v) is 15.8. The van der Waals surface area contributed by atoms with Gasteiger partial charge < -0.3 is 4.90 Å². The summed E-state index contributed by atoms with van der Waals surface area (Å²) in [5, 5.41) is 5.76. The van der Waals surface area contributed by atoms with Gasteiger partial charge in [-0.1, -0.05) is 179 Å². The molecule has 0 bridgehead atoms. The van der Waals surface area contributed by atoms with Crippen LogP contribution in [0.4, 0.5) is 17.1 Å². The number of nitrogens with zero attached hydrogens (tertiary/aromatic N) is 1. The van der Waals surface area contributed by atoms with Crippen molar-refractivity contribution in [2.75, 3.05) is 4.90 Å². The maximum Gasteiger partial charge on any atom is 0.180 e. The second kappa shape index (κ2) is 11.9. The van der Waals surface area contributed by atoms with Gasteiger partial charge in [0, 0.05) is 27.9 Å². The Kier molecular flexibility index (Phi) is 7.04. The highest BCUT2D eigenvalue weighted by Gasteiger charge is 2.48. The molecule has 11 rings (SSSR count). The molecule has 8 aromatic carbocycles. The Morgan fingerprint density at radius 1 is 0.321 bits per heavy atom. The van der Waals surface area contributed by atoms with Gasteiger partial charge in [0.15, 0.2) is 8.07 Å². The molecule has 0 amide bonds. The normalized spacial score (nSPS) is 15.6. The molecule has 0 N–H and O–H groups in total. The smallest absolute Gasteiger partial charge is 0.180 e. The number of fused-ring (bicyclic) bond motifs is 9. The molecule has 268 valence electrons. The van der Waals surface area contributed by atoms with Crippen molar-refractivity contribution in [2.45, 2.75) is 38.5 Å². The first-order chi connectivity index (χ1) is 27.3. The average molecular weight is 734 g/mol. The number of benzene rings is 8. The molecule has 0 atom stereocenters. The molecule has 56 heavy (non-hydrogen) atoms. The van der Waals surface area contributed by atoms with Crippen LogP contribution in [0.3, 0.4) is 0 Å². The van der Waals surface area contributed by atoms with E-state index in [9.17, 15) is 0 Å². The third kappa shape index (κ3) is 4.42. The van der Waals surface area contributed by atoms with Crippen molar-refractivity contribution in [3.63, 3.8) is 0 Å². The van der Waals surface area contributed by atoms with E-state index in [1.54, 1.807) is 0 Å². The molecule has 0 unspecified atom stereocenters. The van der Waals surface area contributed by atoms with E-state index >= 15 is 0 Å².